The minimum Gasteiger partial charge on any atom is -0.340 e. The van der Waals surface area contributed by atoms with Crippen molar-refractivity contribution in [2.45, 2.75) is 45.6 Å². The van der Waals surface area contributed by atoms with Crippen molar-refractivity contribution < 1.29 is 14.4 Å². The summed E-state index contributed by atoms with van der Waals surface area (Å²) in [6.45, 7) is 5.88. The number of hydrogen-bond donors (Lipinski definition) is 2. The first-order valence-corrected chi connectivity index (χ1v) is 10.1. The number of piperazine rings is 1. The highest BCUT2D eigenvalue weighted by Gasteiger charge is 2.37. The van der Waals surface area contributed by atoms with Crippen LogP contribution in [0.1, 0.15) is 39.5 Å². The third kappa shape index (κ3) is 5.10. The van der Waals surface area contributed by atoms with Gasteiger partial charge in [0.15, 0.2) is 0 Å². The van der Waals surface area contributed by atoms with E-state index in [4.69, 9.17) is 0 Å². The molecule has 28 heavy (non-hydrogen) atoms. The molecule has 7 heteroatoms. The van der Waals surface area contributed by atoms with E-state index in [0.29, 0.717) is 24.7 Å². The Kier molecular flexibility index (Phi) is 6.67. The van der Waals surface area contributed by atoms with Crippen molar-refractivity contribution >= 4 is 29.1 Å². The van der Waals surface area contributed by atoms with E-state index in [1.165, 1.54) is 19.8 Å². The van der Waals surface area contributed by atoms with Crippen LogP contribution in [0.2, 0.25) is 0 Å². The fourth-order valence-electron chi connectivity index (χ4n) is 4.32. The minimum atomic E-state index is -0.161. The number of nitrogens with zero attached hydrogens (tertiary/aromatic N) is 2. The molecule has 0 unspecified atom stereocenters. The molecule has 1 aliphatic carbocycles. The first-order valence-electron chi connectivity index (χ1n) is 10.1. The van der Waals surface area contributed by atoms with Crippen molar-refractivity contribution in [3.8, 4) is 0 Å². The standard InChI is InChI=1S/C21H30N4O3/c1-15(26)22-18-7-9-19(10-8-18)23-21(28)20(17-5-3-4-6-17)25-13-11-24(12-14-25)16(2)27/h7-10,17,20H,3-6,11-14H2,1-2H3,(H,22,26)(H,23,28)/t20-/m0/s1. The number of anilines is 2. The second-order valence-electron chi connectivity index (χ2n) is 7.78. The molecule has 1 aromatic rings. The summed E-state index contributed by atoms with van der Waals surface area (Å²) in [5, 5.41) is 5.78. The van der Waals surface area contributed by atoms with Gasteiger partial charge in [-0.3, -0.25) is 19.3 Å². The summed E-state index contributed by atoms with van der Waals surface area (Å²) < 4.78 is 0. The Morgan fingerprint density at radius 1 is 0.893 bits per heavy atom. The molecule has 2 aliphatic rings. The van der Waals surface area contributed by atoms with Gasteiger partial charge in [-0.05, 0) is 43.0 Å². The number of carbonyl (C=O) groups is 3. The van der Waals surface area contributed by atoms with Crippen LogP contribution in [-0.2, 0) is 14.4 Å². The predicted molar refractivity (Wildman–Crippen MR) is 109 cm³/mol. The Bertz CT molecular complexity index is 705. The lowest BCUT2D eigenvalue weighted by atomic mass is 9.95. The third-order valence-electron chi connectivity index (χ3n) is 5.74. The molecular weight excluding hydrogens is 356 g/mol. The molecule has 7 nitrogen and oxygen atoms in total. The van der Waals surface area contributed by atoms with Gasteiger partial charge in [-0.25, -0.2) is 0 Å². The van der Waals surface area contributed by atoms with Crippen LogP contribution in [-0.4, -0.2) is 59.7 Å². The average Bonchev–Trinajstić information content (AvgIpc) is 3.18. The molecule has 1 aliphatic heterocycles. The summed E-state index contributed by atoms with van der Waals surface area (Å²) in [6, 6.07) is 7.03. The maximum Gasteiger partial charge on any atom is 0.242 e. The predicted octanol–water partition coefficient (Wildman–Crippen LogP) is 2.31. The molecule has 1 saturated carbocycles. The highest BCUT2D eigenvalue weighted by atomic mass is 16.2. The van der Waals surface area contributed by atoms with E-state index >= 15 is 0 Å². The molecule has 3 rings (SSSR count). The van der Waals surface area contributed by atoms with Gasteiger partial charge in [0.25, 0.3) is 0 Å². The maximum atomic E-state index is 13.2. The molecular formula is C21H30N4O3. The van der Waals surface area contributed by atoms with Crippen molar-refractivity contribution in [3.05, 3.63) is 24.3 Å². The molecule has 1 atom stereocenters. The number of nitrogens with one attached hydrogen (secondary N) is 2. The molecule has 1 heterocycles. The van der Waals surface area contributed by atoms with E-state index in [9.17, 15) is 14.4 Å². The van der Waals surface area contributed by atoms with Crippen LogP contribution in [0.4, 0.5) is 11.4 Å². The number of amides is 3. The second kappa shape index (κ2) is 9.19. The van der Waals surface area contributed by atoms with Gasteiger partial charge in [-0.15, -0.1) is 0 Å². The highest BCUT2D eigenvalue weighted by molar-refractivity contribution is 5.95. The Morgan fingerprint density at radius 2 is 1.43 bits per heavy atom. The van der Waals surface area contributed by atoms with Crippen molar-refractivity contribution in [3.63, 3.8) is 0 Å². The van der Waals surface area contributed by atoms with Crippen LogP contribution < -0.4 is 10.6 Å². The Balaban J connectivity index is 1.67. The van der Waals surface area contributed by atoms with E-state index < -0.39 is 0 Å². The third-order valence-corrected chi connectivity index (χ3v) is 5.74. The molecule has 2 N–H and O–H groups in total. The minimum absolute atomic E-state index is 0.0236. The molecule has 1 aromatic carbocycles. The van der Waals surface area contributed by atoms with E-state index in [0.717, 1.165) is 31.6 Å². The van der Waals surface area contributed by atoms with Gasteiger partial charge in [0, 0.05) is 51.4 Å². The van der Waals surface area contributed by atoms with Gasteiger partial charge in [0.05, 0.1) is 6.04 Å². The molecule has 2 fully saturated rings. The van der Waals surface area contributed by atoms with Crippen LogP contribution in [0.3, 0.4) is 0 Å². The van der Waals surface area contributed by atoms with Crippen LogP contribution in [0, 0.1) is 5.92 Å². The van der Waals surface area contributed by atoms with Gasteiger partial charge in [0.1, 0.15) is 0 Å². The lowest BCUT2D eigenvalue weighted by Gasteiger charge is -2.40. The number of benzene rings is 1. The smallest absolute Gasteiger partial charge is 0.242 e. The molecule has 152 valence electrons. The zero-order chi connectivity index (χ0) is 20.1. The van der Waals surface area contributed by atoms with Gasteiger partial charge in [-0.1, -0.05) is 12.8 Å². The lowest BCUT2D eigenvalue weighted by Crippen LogP contribution is -2.56. The normalized spacial score (nSPS) is 19.3. The molecule has 0 radical (unpaired) electrons. The maximum absolute atomic E-state index is 13.2. The zero-order valence-electron chi connectivity index (χ0n) is 16.7. The Morgan fingerprint density at radius 3 is 1.93 bits per heavy atom. The number of hydrogen-bond acceptors (Lipinski definition) is 4. The van der Waals surface area contributed by atoms with Gasteiger partial charge in [0.2, 0.25) is 17.7 Å². The number of rotatable bonds is 5. The van der Waals surface area contributed by atoms with Crippen molar-refractivity contribution in [1.29, 1.82) is 0 Å². The lowest BCUT2D eigenvalue weighted by molar-refractivity contribution is -0.132. The topological polar surface area (TPSA) is 81.8 Å². The zero-order valence-corrected chi connectivity index (χ0v) is 16.7. The van der Waals surface area contributed by atoms with Crippen molar-refractivity contribution in [1.82, 2.24) is 9.80 Å². The summed E-state index contributed by atoms with van der Waals surface area (Å²) in [4.78, 5) is 40.0. The monoisotopic (exact) mass is 386 g/mol. The second-order valence-corrected chi connectivity index (χ2v) is 7.78. The summed E-state index contributed by atoms with van der Waals surface area (Å²) in [7, 11) is 0. The van der Waals surface area contributed by atoms with Gasteiger partial charge < -0.3 is 15.5 Å². The largest absolute Gasteiger partial charge is 0.340 e. The quantitative estimate of drug-likeness (QED) is 0.814. The fraction of sp³-hybridized carbons (Fsp3) is 0.571. The van der Waals surface area contributed by atoms with E-state index in [-0.39, 0.29) is 23.8 Å². The fourth-order valence-corrected chi connectivity index (χ4v) is 4.32. The van der Waals surface area contributed by atoms with Crippen LogP contribution in [0.25, 0.3) is 0 Å². The van der Waals surface area contributed by atoms with Crippen molar-refractivity contribution in [2.75, 3.05) is 36.8 Å². The van der Waals surface area contributed by atoms with Gasteiger partial charge >= 0.3 is 0 Å². The SMILES string of the molecule is CC(=O)Nc1ccc(NC(=O)[C@H](C2CCCC2)N2CCN(C(C)=O)CC2)cc1. The first kappa shape index (κ1) is 20.3. The van der Waals surface area contributed by atoms with Crippen LogP contribution >= 0.6 is 0 Å². The summed E-state index contributed by atoms with van der Waals surface area (Å²) >= 11 is 0. The van der Waals surface area contributed by atoms with E-state index in [2.05, 4.69) is 15.5 Å². The number of carbonyl (C=O) groups excluding carboxylic acids is 3. The summed E-state index contributed by atoms with van der Waals surface area (Å²) in [5.74, 6) is 0.363. The Labute approximate surface area is 166 Å². The summed E-state index contributed by atoms with van der Waals surface area (Å²) in [6.07, 6.45) is 4.50. The van der Waals surface area contributed by atoms with Crippen molar-refractivity contribution in [2.24, 2.45) is 5.92 Å². The van der Waals surface area contributed by atoms with E-state index in [1.807, 2.05) is 17.0 Å². The van der Waals surface area contributed by atoms with Crippen LogP contribution in [0.5, 0.6) is 0 Å². The highest BCUT2D eigenvalue weighted by Crippen LogP contribution is 2.31. The first-order chi connectivity index (χ1) is 13.4. The summed E-state index contributed by atoms with van der Waals surface area (Å²) in [5.41, 5.74) is 1.43. The molecule has 0 aromatic heterocycles. The molecule has 0 spiro atoms. The molecule has 0 bridgehead atoms. The molecule has 1 saturated heterocycles. The Hall–Kier alpha value is -2.41. The average molecular weight is 386 g/mol. The molecule has 3 amide bonds. The van der Waals surface area contributed by atoms with E-state index in [1.54, 1.807) is 19.1 Å². The van der Waals surface area contributed by atoms with Crippen LogP contribution in [0.15, 0.2) is 24.3 Å². The van der Waals surface area contributed by atoms with Gasteiger partial charge in [-0.2, -0.15) is 0 Å².